The number of aliphatic hydroxyl groups excluding tert-OH is 5. The first-order valence-electron chi connectivity index (χ1n) is 25.5. The molecule has 0 spiro atoms. The zero-order valence-electron chi connectivity index (χ0n) is 39.6. The van der Waals surface area contributed by atoms with Crippen LogP contribution in [0, 0.1) is 0 Å². The Morgan fingerprint density at radius 1 is 0.476 bits per heavy atom. The molecule has 0 aliphatic heterocycles. The zero-order chi connectivity index (χ0) is 46.4. The van der Waals surface area contributed by atoms with Crippen LogP contribution in [-0.4, -0.2) is 98.3 Å². The molecule has 1 aliphatic carbocycles. The van der Waals surface area contributed by atoms with Crippen LogP contribution in [-0.2, 0) is 32.7 Å². The average Bonchev–Trinajstić information content (AvgIpc) is 3.26. The molecule has 8 atom stereocenters. The van der Waals surface area contributed by atoms with Gasteiger partial charge in [-0.3, -0.25) is 18.6 Å². The first-order valence-corrected chi connectivity index (χ1v) is 27.0. The summed E-state index contributed by atoms with van der Waals surface area (Å²) in [6.45, 7) is 3.32. The monoisotopic (exact) mass is 921 g/mol. The van der Waals surface area contributed by atoms with Crippen LogP contribution in [0.4, 0.5) is 0 Å². The molecule has 0 amide bonds. The normalized spacial score (nSPS) is 21.7. The van der Waals surface area contributed by atoms with E-state index in [1.54, 1.807) is 0 Å². The summed E-state index contributed by atoms with van der Waals surface area (Å²) in [7, 11) is -5.12. The molecule has 1 rings (SSSR count). The van der Waals surface area contributed by atoms with Gasteiger partial charge in [0, 0.05) is 12.8 Å². The molecule has 372 valence electrons. The summed E-state index contributed by atoms with van der Waals surface area (Å²) >= 11 is 0. The van der Waals surface area contributed by atoms with Crippen LogP contribution < -0.4 is 0 Å². The number of ether oxygens (including phenoxy) is 2. The largest absolute Gasteiger partial charge is 0.472 e. The van der Waals surface area contributed by atoms with Crippen LogP contribution in [0.15, 0.2) is 12.2 Å². The quantitative estimate of drug-likeness (QED) is 0.0146. The number of hydrogen-bond donors (Lipinski definition) is 6. The highest BCUT2D eigenvalue weighted by atomic mass is 31.2. The molecule has 0 bridgehead atoms. The number of aliphatic hydroxyl groups is 5. The lowest BCUT2D eigenvalue weighted by molar-refractivity contribution is -0.220. The van der Waals surface area contributed by atoms with Gasteiger partial charge < -0.3 is 39.9 Å². The van der Waals surface area contributed by atoms with Crippen molar-refractivity contribution in [2.75, 3.05) is 13.2 Å². The predicted molar refractivity (Wildman–Crippen MR) is 249 cm³/mol. The van der Waals surface area contributed by atoms with E-state index in [-0.39, 0.29) is 12.8 Å². The lowest BCUT2D eigenvalue weighted by Crippen LogP contribution is -2.64. The second-order valence-corrected chi connectivity index (χ2v) is 19.4. The number of rotatable bonds is 43. The molecule has 1 fully saturated rings. The molecule has 1 saturated carbocycles. The van der Waals surface area contributed by atoms with Crippen molar-refractivity contribution >= 4 is 19.8 Å². The summed E-state index contributed by atoms with van der Waals surface area (Å²) in [6, 6.07) is 0. The minimum Gasteiger partial charge on any atom is -0.462 e. The topological polar surface area (TPSA) is 210 Å². The Bertz CT molecular complexity index is 1160. The molecule has 0 aromatic rings. The van der Waals surface area contributed by atoms with E-state index in [1.807, 2.05) is 0 Å². The van der Waals surface area contributed by atoms with E-state index < -0.39 is 75.7 Å². The van der Waals surface area contributed by atoms with Crippen LogP contribution >= 0.6 is 7.82 Å². The fourth-order valence-electron chi connectivity index (χ4n) is 7.99. The number of carbonyl (C=O) groups is 2. The standard InChI is InChI=1S/C49H93O13P/c1-3-5-7-9-11-13-15-17-19-20-21-22-24-26-28-30-32-34-36-38-43(51)61-41(40-60-63(57,58)62-49-47(55)45(53)44(52)46(54)48(49)56)39-59-42(50)37-35-33-31-29-27-25-23-18-16-14-12-10-8-6-4-2/h14,16,41,44-49,52-56H,3-13,15,17-40H2,1-2H3,(H,57,58)/b16-14+/t41-,44?,45-,46?,47?,48?,49?/m1/s1. The Hall–Kier alpha value is -1.41. The lowest BCUT2D eigenvalue weighted by atomic mass is 9.85. The zero-order valence-corrected chi connectivity index (χ0v) is 40.5. The van der Waals surface area contributed by atoms with Gasteiger partial charge in [-0.05, 0) is 38.5 Å². The van der Waals surface area contributed by atoms with Crippen LogP contribution in [0.3, 0.4) is 0 Å². The molecule has 13 nitrogen and oxygen atoms in total. The smallest absolute Gasteiger partial charge is 0.462 e. The third kappa shape index (κ3) is 32.0. The molecule has 0 aromatic carbocycles. The number of hydrogen-bond acceptors (Lipinski definition) is 12. The molecule has 63 heavy (non-hydrogen) atoms. The van der Waals surface area contributed by atoms with Crippen LogP contribution in [0.5, 0.6) is 0 Å². The minimum atomic E-state index is -5.12. The molecule has 0 radical (unpaired) electrons. The fourth-order valence-corrected chi connectivity index (χ4v) is 8.96. The van der Waals surface area contributed by atoms with E-state index in [2.05, 4.69) is 26.0 Å². The van der Waals surface area contributed by atoms with E-state index in [0.717, 1.165) is 51.4 Å². The predicted octanol–water partition coefficient (Wildman–Crippen LogP) is 10.6. The first-order chi connectivity index (χ1) is 30.4. The molecule has 0 heterocycles. The van der Waals surface area contributed by atoms with Crippen molar-refractivity contribution in [3.05, 3.63) is 12.2 Å². The summed E-state index contributed by atoms with van der Waals surface area (Å²) in [5.41, 5.74) is 0. The second-order valence-electron chi connectivity index (χ2n) is 18.0. The van der Waals surface area contributed by atoms with Gasteiger partial charge >= 0.3 is 19.8 Å². The molecule has 14 heteroatoms. The number of allylic oxidation sites excluding steroid dienone is 2. The van der Waals surface area contributed by atoms with Crippen molar-refractivity contribution in [1.82, 2.24) is 0 Å². The Morgan fingerprint density at radius 2 is 0.810 bits per heavy atom. The highest BCUT2D eigenvalue weighted by Crippen LogP contribution is 2.47. The Balaban J connectivity index is 2.39. The molecule has 0 saturated heterocycles. The van der Waals surface area contributed by atoms with Crippen molar-refractivity contribution in [2.24, 2.45) is 0 Å². The summed E-state index contributed by atoms with van der Waals surface area (Å²) in [4.78, 5) is 35.8. The third-order valence-corrected chi connectivity index (χ3v) is 13.1. The number of esters is 2. The van der Waals surface area contributed by atoms with Crippen molar-refractivity contribution in [3.63, 3.8) is 0 Å². The Kier molecular flexibility index (Phi) is 37.6. The van der Waals surface area contributed by atoms with Crippen LogP contribution in [0.1, 0.15) is 232 Å². The Morgan fingerprint density at radius 3 is 1.22 bits per heavy atom. The van der Waals surface area contributed by atoms with E-state index >= 15 is 0 Å². The summed E-state index contributed by atoms with van der Waals surface area (Å²) < 4.78 is 33.6. The molecule has 0 aromatic heterocycles. The molecule has 6 unspecified atom stereocenters. The average molecular weight is 921 g/mol. The number of unbranched alkanes of at least 4 members (excludes halogenated alkanes) is 29. The molecular formula is C49H93O13P. The van der Waals surface area contributed by atoms with Gasteiger partial charge in [0.1, 0.15) is 43.2 Å². The van der Waals surface area contributed by atoms with Gasteiger partial charge in [0.05, 0.1) is 6.61 Å². The van der Waals surface area contributed by atoms with Crippen molar-refractivity contribution < 1.29 is 63.1 Å². The Labute approximate surface area is 382 Å². The van der Waals surface area contributed by atoms with Crippen molar-refractivity contribution in [3.8, 4) is 0 Å². The van der Waals surface area contributed by atoms with Crippen molar-refractivity contribution in [2.45, 2.75) is 275 Å². The lowest BCUT2D eigenvalue weighted by Gasteiger charge is -2.41. The van der Waals surface area contributed by atoms with Gasteiger partial charge in [-0.15, -0.1) is 0 Å². The summed E-state index contributed by atoms with van der Waals surface area (Å²) in [5, 5.41) is 50.2. The second kappa shape index (κ2) is 39.7. The SMILES string of the molecule is CCCCCC/C=C/CCCCCCCCCC(=O)OC[C@H](COP(=O)(O)OC1C(O)C(O)C(O)[C@@H](O)C1O)OC(=O)CCCCCCCCCCCCCCCCCCCCC. The van der Waals surface area contributed by atoms with Crippen LogP contribution in [0.25, 0.3) is 0 Å². The number of phosphoric ester groups is 1. The van der Waals surface area contributed by atoms with E-state index in [0.29, 0.717) is 12.8 Å². The molecule has 6 N–H and O–H groups in total. The van der Waals surface area contributed by atoms with Gasteiger partial charge in [-0.1, -0.05) is 193 Å². The number of carbonyl (C=O) groups excluding carboxylic acids is 2. The first kappa shape index (κ1) is 59.6. The van der Waals surface area contributed by atoms with Gasteiger partial charge in [0.2, 0.25) is 0 Å². The van der Waals surface area contributed by atoms with E-state index in [9.17, 15) is 44.6 Å². The summed E-state index contributed by atoms with van der Waals surface area (Å²) in [5.74, 6) is -1.09. The maximum atomic E-state index is 12.8. The van der Waals surface area contributed by atoms with Gasteiger partial charge in [0.15, 0.2) is 6.10 Å². The maximum absolute atomic E-state index is 12.8. The minimum absolute atomic E-state index is 0.102. The highest BCUT2D eigenvalue weighted by molar-refractivity contribution is 7.47. The maximum Gasteiger partial charge on any atom is 0.472 e. The highest BCUT2D eigenvalue weighted by Gasteiger charge is 2.51. The fraction of sp³-hybridized carbons (Fsp3) is 0.918. The van der Waals surface area contributed by atoms with Gasteiger partial charge in [-0.25, -0.2) is 4.57 Å². The van der Waals surface area contributed by atoms with E-state index in [4.69, 9.17) is 18.5 Å². The van der Waals surface area contributed by atoms with Gasteiger partial charge in [-0.2, -0.15) is 0 Å². The van der Waals surface area contributed by atoms with Crippen molar-refractivity contribution in [1.29, 1.82) is 0 Å². The number of phosphoric acid groups is 1. The van der Waals surface area contributed by atoms with Crippen LogP contribution in [0.2, 0.25) is 0 Å². The molecular weight excluding hydrogens is 827 g/mol. The van der Waals surface area contributed by atoms with Gasteiger partial charge in [0.25, 0.3) is 0 Å². The summed E-state index contributed by atoms with van der Waals surface area (Å²) in [6.07, 6.45) is 29.7. The third-order valence-electron chi connectivity index (χ3n) is 12.1. The molecule has 1 aliphatic rings. The van der Waals surface area contributed by atoms with E-state index in [1.165, 1.54) is 141 Å².